The Balaban J connectivity index is 0. The number of amides is 1. The summed E-state index contributed by atoms with van der Waals surface area (Å²) in [6.45, 7) is 2.22. The number of nitrogens with two attached hydrogens (primary N) is 1. The molecule has 0 aliphatic heterocycles. The van der Waals surface area contributed by atoms with E-state index in [-0.39, 0.29) is 5.91 Å². The van der Waals surface area contributed by atoms with Crippen molar-refractivity contribution >= 4 is 13.2 Å². The molecular formula is C10H24BNO4. The van der Waals surface area contributed by atoms with Crippen LogP contribution < -0.4 is 5.73 Å². The quantitative estimate of drug-likeness (QED) is 0.363. The molecule has 0 aromatic carbocycles. The fourth-order valence-corrected chi connectivity index (χ4v) is 1.26. The molecule has 0 heterocycles. The first kappa shape index (κ1) is 17.8. The molecular weight excluding hydrogens is 209 g/mol. The SMILES string of the molecule is CCCCCCCCCC(N)=O.OB(O)O. The molecule has 0 rings (SSSR count). The Kier molecular flexibility index (Phi) is 16.0. The van der Waals surface area contributed by atoms with Crippen LogP contribution in [0.25, 0.3) is 0 Å². The zero-order chi connectivity index (χ0) is 12.8. The lowest BCUT2D eigenvalue weighted by molar-refractivity contribution is -0.118. The molecule has 0 saturated heterocycles. The lowest BCUT2D eigenvalue weighted by Crippen LogP contribution is -2.09. The molecule has 5 nitrogen and oxygen atoms in total. The van der Waals surface area contributed by atoms with Gasteiger partial charge in [-0.05, 0) is 6.42 Å². The third kappa shape index (κ3) is 29.2. The first-order valence-corrected chi connectivity index (χ1v) is 5.83. The first-order valence-electron chi connectivity index (χ1n) is 5.83. The molecule has 0 spiro atoms. The average molecular weight is 233 g/mol. The normalized spacial score (nSPS) is 9.25. The smallest absolute Gasteiger partial charge is 0.402 e. The third-order valence-electron chi connectivity index (χ3n) is 2.03. The van der Waals surface area contributed by atoms with Gasteiger partial charge in [-0.15, -0.1) is 0 Å². The molecule has 0 bridgehead atoms. The molecule has 0 aromatic heterocycles. The molecule has 16 heavy (non-hydrogen) atoms. The molecule has 6 heteroatoms. The van der Waals surface area contributed by atoms with Crippen LogP contribution in [-0.2, 0) is 4.79 Å². The van der Waals surface area contributed by atoms with Gasteiger partial charge in [0.05, 0.1) is 0 Å². The molecule has 5 N–H and O–H groups in total. The molecule has 0 aliphatic carbocycles. The molecule has 0 radical (unpaired) electrons. The first-order chi connectivity index (χ1) is 7.50. The van der Waals surface area contributed by atoms with Gasteiger partial charge in [0.25, 0.3) is 0 Å². The van der Waals surface area contributed by atoms with Gasteiger partial charge in [-0.1, -0.05) is 45.4 Å². The highest BCUT2D eigenvalue weighted by Crippen LogP contribution is 2.07. The summed E-state index contributed by atoms with van der Waals surface area (Å²) in [6.07, 6.45) is 9.24. The summed E-state index contributed by atoms with van der Waals surface area (Å²) in [5.74, 6) is -0.163. The van der Waals surface area contributed by atoms with E-state index in [1.54, 1.807) is 0 Å². The van der Waals surface area contributed by atoms with E-state index in [0.29, 0.717) is 6.42 Å². The maximum Gasteiger partial charge on any atom is 0.631 e. The van der Waals surface area contributed by atoms with Gasteiger partial charge in [0.15, 0.2) is 0 Å². The zero-order valence-electron chi connectivity index (χ0n) is 10.1. The molecule has 0 aromatic rings. The number of hydrogen-bond acceptors (Lipinski definition) is 4. The van der Waals surface area contributed by atoms with E-state index in [4.69, 9.17) is 20.8 Å². The number of carbonyl (C=O) groups is 1. The number of unbranched alkanes of at least 4 members (excludes halogenated alkanes) is 6. The van der Waals surface area contributed by atoms with Crippen LogP contribution in [0, 0.1) is 0 Å². The summed E-state index contributed by atoms with van der Waals surface area (Å²) in [6, 6.07) is 0. The topological polar surface area (TPSA) is 104 Å². The minimum absolute atomic E-state index is 0.163. The third-order valence-corrected chi connectivity index (χ3v) is 2.03. The highest BCUT2D eigenvalue weighted by Gasteiger charge is 1.94. The van der Waals surface area contributed by atoms with E-state index in [1.165, 1.54) is 32.1 Å². The van der Waals surface area contributed by atoms with E-state index in [9.17, 15) is 4.79 Å². The molecule has 0 unspecified atom stereocenters. The van der Waals surface area contributed by atoms with Crippen molar-refractivity contribution < 1.29 is 19.9 Å². The van der Waals surface area contributed by atoms with Crippen LogP contribution in [0.1, 0.15) is 58.3 Å². The van der Waals surface area contributed by atoms with E-state index in [0.717, 1.165) is 12.8 Å². The monoisotopic (exact) mass is 233 g/mol. The van der Waals surface area contributed by atoms with Crippen LogP contribution in [0.2, 0.25) is 0 Å². The number of hydrogen-bond donors (Lipinski definition) is 4. The Morgan fingerprint density at radius 3 is 1.75 bits per heavy atom. The van der Waals surface area contributed by atoms with Crippen LogP contribution >= 0.6 is 0 Å². The Hall–Kier alpha value is -0.585. The van der Waals surface area contributed by atoms with Crippen molar-refractivity contribution in [3.8, 4) is 0 Å². The predicted octanol–water partition coefficient (Wildman–Crippen LogP) is 0.561. The highest BCUT2D eigenvalue weighted by atomic mass is 16.5. The van der Waals surface area contributed by atoms with Crippen molar-refractivity contribution in [1.82, 2.24) is 0 Å². The van der Waals surface area contributed by atoms with Gasteiger partial charge >= 0.3 is 7.32 Å². The van der Waals surface area contributed by atoms with E-state index >= 15 is 0 Å². The summed E-state index contributed by atoms with van der Waals surface area (Å²) in [5.41, 5.74) is 5.02. The van der Waals surface area contributed by atoms with Gasteiger partial charge < -0.3 is 20.8 Å². The number of rotatable bonds is 8. The van der Waals surface area contributed by atoms with Crippen LogP contribution in [0.15, 0.2) is 0 Å². The lowest BCUT2D eigenvalue weighted by atomic mass is 10.1. The summed E-state index contributed by atoms with van der Waals surface area (Å²) >= 11 is 0. The van der Waals surface area contributed by atoms with Gasteiger partial charge in [-0.3, -0.25) is 4.79 Å². The van der Waals surface area contributed by atoms with E-state index < -0.39 is 7.32 Å². The molecule has 0 saturated carbocycles. The van der Waals surface area contributed by atoms with Gasteiger partial charge in [-0.25, -0.2) is 0 Å². The molecule has 0 fully saturated rings. The van der Waals surface area contributed by atoms with Crippen molar-refractivity contribution in [1.29, 1.82) is 0 Å². The largest absolute Gasteiger partial charge is 0.631 e. The Morgan fingerprint density at radius 1 is 1.00 bits per heavy atom. The maximum absolute atomic E-state index is 10.4. The van der Waals surface area contributed by atoms with E-state index in [1.807, 2.05) is 0 Å². The second kappa shape index (κ2) is 14.4. The maximum atomic E-state index is 10.4. The van der Waals surface area contributed by atoms with Crippen LogP contribution in [0.3, 0.4) is 0 Å². The summed E-state index contributed by atoms with van der Waals surface area (Å²) in [5, 5.41) is 21.5. The van der Waals surface area contributed by atoms with Crippen LogP contribution in [-0.4, -0.2) is 28.3 Å². The lowest BCUT2D eigenvalue weighted by Gasteiger charge is -1.98. The second-order valence-electron chi connectivity index (χ2n) is 3.68. The highest BCUT2D eigenvalue weighted by molar-refractivity contribution is 6.30. The molecule has 96 valence electrons. The zero-order valence-corrected chi connectivity index (χ0v) is 10.1. The van der Waals surface area contributed by atoms with Crippen molar-refractivity contribution in [2.24, 2.45) is 5.73 Å². The van der Waals surface area contributed by atoms with Crippen molar-refractivity contribution in [2.45, 2.75) is 58.3 Å². The molecule has 0 aliphatic rings. The number of carbonyl (C=O) groups excluding carboxylic acids is 1. The average Bonchev–Trinajstić information content (AvgIpc) is 2.15. The minimum Gasteiger partial charge on any atom is -0.402 e. The predicted molar refractivity (Wildman–Crippen MR) is 64.2 cm³/mol. The molecule has 0 atom stereocenters. The van der Waals surface area contributed by atoms with Crippen LogP contribution in [0.4, 0.5) is 0 Å². The fourth-order valence-electron chi connectivity index (χ4n) is 1.26. The van der Waals surface area contributed by atoms with Gasteiger partial charge in [0.1, 0.15) is 0 Å². The summed E-state index contributed by atoms with van der Waals surface area (Å²) in [4.78, 5) is 10.4. The number of primary amides is 1. The van der Waals surface area contributed by atoms with Crippen molar-refractivity contribution in [2.75, 3.05) is 0 Å². The van der Waals surface area contributed by atoms with Crippen molar-refractivity contribution in [3.63, 3.8) is 0 Å². The Morgan fingerprint density at radius 2 is 1.38 bits per heavy atom. The molecule has 1 amide bonds. The van der Waals surface area contributed by atoms with E-state index in [2.05, 4.69) is 6.92 Å². The summed E-state index contributed by atoms with van der Waals surface area (Å²) < 4.78 is 0. The summed E-state index contributed by atoms with van der Waals surface area (Å²) in [7, 11) is -2.17. The van der Waals surface area contributed by atoms with Gasteiger partial charge in [-0.2, -0.15) is 0 Å². The van der Waals surface area contributed by atoms with Crippen molar-refractivity contribution in [3.05, 3.63) is 0 Å². The Bertz CT molecular complexity index is 153. The minimum atomic E-state index is -2.17. The second-order valence-corrected chi connectivity index (χ2v) is 3.68. The Labute approximate surface area is 97.8 Å². The fraction of sp³-hybridized carbons (Fsp3) is 0.900. The van der Waals surface area contributed by atoms with Gasteiger partial charge in [0.2, 0.25) is 5.91 Å². The van der Waals surface area contributed by atoms with Crippen LogP contribution in [0.5, 0.6) is 0 Å². The van der Waals surface area contributed by atoms with Gasteiger partial charge in [0, 0.05) is 6.42 Å². The standard InChI is InChI=1S/C10H21NO.BH3O3/c1-2-3-4-5-6-7-8-9-10(11)12;2-1(3)4/h2-9H2,1H3,(H2,11,12);2-4H.